The molecular weight excluding hydrogens is 306 g/mol. The smallest absolute Gasteiger partial charge is 0.237 e. The van der Waals surface area contributed by atoms with E-state index in [9.17, 15) is 4.79 Å². The Bertz CT molecular complexity index is 542. The van der Waals surface area contributed by atoms with Crippen molar-refractivity contribution in [3.63, 3.8) is 0 Å². The summed E-state index contributed by atoms with van der Waals surface area (Å²) in [4.78, 5) is 16.6. The molecule has 1 atom stereocenters. The second-order valence-corrected chi connectivity index (χ2v) is 6.07. The average molecular weight is 335 g/mol. The van der Waals surface area contributed by atoms with Gasteiger partial charge >= 0.3 is 0 Å². The van der Waals surface area contributed by atoms with Gasteiger partial charge < -0.3 is 14.8 Å². The number of amides is 1. The van der Waals surface area contributed by atoms with Gasteiger partial charge in [-0.2, -0.15) is 0 Å². The van der Waals surface area contributed by atoms with Gasteiger partial charge in [0.05, 0.1) is 20.3 Å². The molecule has 1 aliphatic heterocycles. The summed E-state index contributed by atoms with van der Waals surface area (Å²) < 4.78 is 10.6. The summed E-state index contributed by atoms with van der Waals surface area (Å²) in [6.07, 6.45) is 0. The van der Waals surface area contributed by atoms with E-state index in [1.54, 1.807) is 14.2 Å². The zero-order chi connectivity index (χ0) is 17.5. The van der Waals surface area contributed by atoms with Crippen molar-refractivity contribution in [3.8, 4) is 11.5 Å². The van der Waals surface area contributed by atoms with Gasteiger partial charge in [-0.25, -0.2) is 0 Å². The van der Waals surface area contributed by atoms with Gasteiger partial charge in [-0.05, 0) is 31.5 Å². The van der Waals surface area contributed by atoms with E-state index >= 15 is 0 Å². The Labute approximate surface area is 144 Å². The molecule has 0 bridgehead atoms. The summed E-state index contributed by atoms with van der Waals surface area (Å²) in [5, 5.41) is 2.90. The monoisotopic (exact) mass is 335 g/mol. The van der Waals surface area contributed by atoms with Gasteiger partial charge in [0.15, 0.2) is 11.5 Å². The second kappa shape index (κ2) is 8.89. The maximum Gasteiger partial charge on any atom is 0.237 e. The molecule has 2 rings (SSSR count). The van der Waals surface area contributed by atoms with Crippen LogP contribution in [0.1, 0.15) is 19.4 Å². The Morgan fingerprint density at radius 3 is 2.42 bits per heavy atom. The number of methoxy groups -OCH3 is 2. The van der Waals surface area contributed by atoms with Crippen molar-refractivity contribution in [2.24, 2.45) is 0 Å². The number of nitrogens with zero attached hydrogens (tertiary/aromatic N) is 2. The zero-order valence-electron chi connectivity index (χ0n) is 15.2. The molecule has 6 heteroatoms. The summed E-state index contributed by atoms with van der Waals surface area (Å²) in [6.45, 7) is 9.22. The summed E-state index contributed by atoms with van der Waals surface area (Å²) in [7, 11) is 3.30. The highest BCUT2D eigenvalue weighted by Gasteiger charge is 2.25. The van der Waals surface area contributed by atoms with Gasteiger partial charge in [0, 0.05) is 39.3 Å². The van der Waals surface area contributed by atoms with Crippen LogP contribution >= 0.6 is 0 Å². The van der Waals surface area contributed by atoms with Crippen LogP contribution in [0.25, 0.3) is 0 Å². The number of carbonyl (C=O) groups is 1. The van der Waals surface area contributed by atoms with Crippen LogP contribution in [0.5, 0.6) is 11.5 Å². The second-order valence-electron chi connectivity index (χ2n) is 6.07. The molecule has 6 nitrogen and oxygen atoms in total. The third-order valence-electron chi connectivity index (χ3n) is 4.54. The first-order chi connectivity index (χ1) is 11.6. The Morgan fingerprint density at radius 2 is 1.83 bits per heavy atom. The molecule has 1 aliphatic rings. The Morgan fingerprint density at radius 1 is 1.17 bits per heavy atom. The van der Waals surface area contributed by atoms with E-state index in [1.807, 2.05) is 26.0 Å². The molecule has 1 N–H and O–H groups in total. The molecule has 0 saturated carbocycles. The molecule has 1 aromatic carbocycles. The van der Waals surface area contributed by atoms with Crippen molar-refractivity contribution >= 4 is 5.91 Å². The van der Waals surface area contributed by atoms with E-state index in [0.717, 1.165) is 44.2 Å². The predicted molar refractivity (Wildman–Crippen MR) is 94.5 cm³/mol. The van der Waals surface area contributed by atoms with Crippen molar-refractivity contribution in [3.05, 3.63) is 23.8 Å². The Hall–Kier alpha value is -1.79. The van der Waals surface area contributed by atoms with E-state index in [1.165, 1.54) is 5.56 Å². The van der Waals surface area contributed by atoms with Gasteiger partial charge in [-0.1, -0.05) is 6.07 Å². The highest BCUT2D eigenvalue weighted by Crippen LogP contribution is 2.28. The molecule has 24 heavy (non-hydrogen) atoms. The molecule has 0 unspecified atom stereocenters. The third-order valence-corrected chi connectivity index (χ3v) is 4.54. The molecule has 1 aromatic rings. The third kappa shape index (κ3) is 4.61. The quantitative estimate of drug-likeness (QED) is 0.815. The van der Waals surface area contributed by atoms with Crippen LogP contribution in [0.4, 0.5) is 0 Å². The molecule has 0 radical (unpaired) electrons. The maximum atomic E-state index is 12.0. The van der Waals surface area contributed by atoms with E-state index in [4.69, 9.17) is 9.47 Å². The first-order valence-corrected chi connectivity index (χ1v) is 8.54. The van der Waals surface area contributed by atoms with Crippen LogP contribution in [-0.4, -0.2) is 68.7 Å². The number of ether oxygens (including phenoxy) is 2. The average Bonchev–Trinajstić information content (AvgIpc) is 2.61. The molecule has 1 saturated heterocycles. The lowest BCUT2D eigenvalue weighted by Crippen LogP contribution is -2.53. The summed E-state index contributed by atoms with van der Waals surface area (Å²) in [6, 6.07) is 5.99. The SMILES string of the molecule is CCNC(=O)[C@@H](C)N1CCN(Cc2ccc(OC)c(OC)c2)CC1. The fourth-order valence-electron chi connectivity index (χ4n) is 3.03. The maximum absolute atomic E-state index is 12.0. The summed E-state index contributed by atoms with van der Waals surface area (Å²) in [5.41, 5.74) is 1.21. The lowest BCUT2D eigenvalue weighted by atomic mass is 10.1. The minimum absolute atomic E-state index is 0.0619. The number of likely N-dealkylation sites (N-methyl/N-ethyl adjacent to an activating group) is 1. The number of benzene rings is 1. The molecule has 134 valence electrons. The fraction of sp³-hybridized carbons (Fsp3) is 0.611. The normalized spacial score (nSPS) is 17.3. The lowest BCUT2D eigenvalue weighted by Gasteiger charge is -2.37. The number of piperazine rings is 1. The van der Waals surface area contributed by atoms with Crippen molar-refractivity contribution in [2.75, 3.05) is 46.9 Å². The highest BCUT2D eigenvalue weighted by molar-refractivity contribution is 5.81. The standard InChI is InChI=1S/C18H29N3O3/c1-5-19-18(22)14(2)21-10-8-20(9-11-21)13-15-6-7-16(23-3)17(12-15)24-4/h6-7,12,14H,5,8-11,13H2,1-4H3,(H,19,22)/t14-/m1/s1. The van der Waals surface area contributed by atoms with E-state index in [0.29, 0.717) is 6.54 Å². The van der Waals surface area contributed by atoms with E-state index < -0.39 is 0 Å². The van der Waals surface area contributed by atoms with Gasteiger partial charge in [-0.15, -0.1) is 0 Å². The van der Waals surface area contributed by atoms with Crippen LogP contribution in [0, 0.1) is 0 Å². The minimum Gasteiger partial charge on any atom is -0.493 e. The van der Waals surface area contributed by atoms with Gasteiger partial charge in [0.25, 0.3) is 0 Å². The molecular formula is C18H29N3O3. The first kappa shape index (κ1) is 18.5. The number of rotatable bonds is 7. The molecule has 0 spiro atoms. The van der Waals surface area contributed by atoms with E-state index in [2.05, 4.69) is 21.2 Å². The van der Waals surface area contributed by atoms with Crippen molar-refractivity contribution < 1.29 is 14.3 Å². The molecule has 0 aromatic heterocycles. The van der Waals surface area contributed by atoms with Crippen LogP contribution in [0.2, 0.25) is 0 Å². The van der Waals surface area contributed by atoms with Crippen LogP contribution in [0.3, 0.4) is 0 Å². The minimum atomic E-state index is -0.0619. The number of carbonyl (C=O) groups excluding carboxylic acids is 1. The largest absolute Gasteiger partial charge is 0.493 e. The van der Waals surface area contributed by atoms with Crippen LogP contribution in [0.15, 0.2) is 18.2 Å². The molecule has 1 fully saturated rings. The Kier molecular flexibility index (Phi) is 6.87. The highest BCUT2D eigenvalue weighted by atomic mass is 16.5. The Balaban J connectivity index is 1.88. The molecule has 0 aliphatic carbocycles. The van der Waals surface area contributed by atoms with Gasteiger partial charge in [0.2, 0.25) is 5.91 Å². The molecule has 1 amide bonds. The van der Waals surface area contributed by atoms with Crippen LogP contribution < -0.4 is 14.8 Å². The topological polar surface area (TPSA) is 54.0 Å². The zero-order valence-corrected chi connectivity index (χ0v) is 15.2. The summed E-state index contributed by atoms with van der Waals surface area (Å²) in [5.74, 6) is 1.63. The number of hydrogen-bond acceptors (Lipinski definition) is 5. The van der Waals surface area contributed by atoms with Crippen molar-refractivity contribution in [2.45, 2.75) is 26.4 Å². The number of hydrogen-bond donors (Lipinski definition) is 1. The van der Waals surface area contributed by atoms with Gasteiger partial charge in [-0.3, -0.25) is 14.6 Å². The fourth-order valence-corrected chi connectivity index (χ4v) is 3.03. The van der Waals surface area contributed by atoms with Gasteiger partial charge in [0.1, 0.15) is 0 Å². The molecule has 1 heterocycles. The number of nitrogens with one attached hydrogen (secondary N) is 1. The summed E-state index contributed by atoms with van der Waals surface area (Å²) >= 11 is 0. The lowest BCUT2D eigenvalue weighted by molar-refractivity contribution is -0.126. The van der Waals surface area contributed by atoms with Crippen molar-refractivity contribution in [1.29, 1.82) is 0 Å². The first-order valence-electron chi connectivity index (χ1n) is 8.54. The van der Waals surface area contributed by atoms with Crippen LogP contribution in [-0.2, 0) is 11.3 Å². The van der Waals surface area contributed by atoms with E-state index in [-0.39, 0.29) is 11.9 Å². The van der Waals surface area contributed by atoms with Crippen molar-refractivity contribution in [1.82, 2.24) is 15.1 Å². The predicted octanol–water partition coefficient (Wildman–Crippen LogP) is 1.35.